The Morgan fingerprint density at radius 2 is 1.57 bits per heavy atom. The van der Waals surface area contributed by atoms with Crippen LogP contribution in [0.15, 0.2) is 0 Å². The van der Waals surface area contributed by atoms with Gasteiger partial charge in [-0.25, -0.2) is 0 Å². The first-order valence-electron chi connectivity index (χ1n) is 10.2. The average Bonchev–Trinajstić information content (AvgIpc) is 2.85. The average molecular weight is 321 g/mol. The van der Waals surface area contributed by atoms with Crippen LogP contribution in [0.2, 0.25) is 0 Å². The third-order valence-electron chi connectivity index (χ3n) is 9.29. The molecule has 2 nitrogen and oxygen atoms in total. The second kappa shape index (κ2) is 5.46. The van der Waals surface area contributed by atoms with E-state index in [0.717, 1.165) is 36.5 Å². The fourth-order valence-corrected chi connectivity index (χ4v) is 8.07. The Hall–Kier alpha value is -0.0800. The van der Waals surface area contributed by atoms with Crippen LogP contribution in [0.1, 0.15) is 78.6 Å². The molecule has 0 amide bonds. The first-order valence-corrected chi connectivity index (χ1v) is 10.2. The lowest BCUT2D eigenvalue weighted by atomic mass is 9.44. The number of hydrogen-bond acceptors (Lipinski definition) is 2. The molecule has 2 N–H and O–H groups in total. The summed E-state index contributed by atoms with van der Waals surface area (Å²) in [6.45, 7) is 7.08. The smallest absolute Gasteiger partial charge is 0.0545 e. The molecule has 4 fully saturated rings. The zero-order chi connectivity index (χ0) is 16.4. The van der Waals surface area contributed by atoms with Gasteiger partial charge in [0.25, 0.3) is 0 Å². The van der Waals surface area contributed by atoms with Gasteiger partial charge in [0.2, 0.25) is 0 Å². The van der Waals surface area contributed by atoms with E-state index in [4.69, 9.17) is 0 Å². The molecule has 0 saturated heterocycles. The van der Waals surface area contributed by atoms with Gasteiger partial charge in [-0.15, -0.1) is 0 Å². The predicted molar refractivity (Wildman–Crippen MR) is 92.9 cm³/mol. The van der Waals surface area contributed by atoms with Crippen LogP contribution in [0.25, 0.3) is 0 Å². The van der Waals surface area contributed by atoms with Crippen molar-refractivity contribution in [1.29, 1.82) is 0 Å². The number of hydrogen-bond donors (Lipinski definition) is 2. The van der Waals surface area contributed by atoms with Gasteiger partial charge < -0.3 is 10.2 Å². The minimum absolute atomic E-state index is 0.0374. The summed E-state index contributed by atoms with van der Waals surface area (Å²) < 4.78 is 0. The second-order valence-corrected chi connectivity index (χ2v) is 10.1. The molecule has 23 heavy (non-hydrogen) atoms. The number of aliphatic hydroxyl groups is 2. The predicted octanol–water partition coefficient (Wildman–Crippen LogP) is 4.39. The van der Waals surface area contributed by atoms with Gasteiger partial charge in [0.05, 0.1) is 12.2 Å². The Balaban J connectivity index is 1.60. The molecule has 4 aliphatic rings. The van der Waals surface area contributed by atoms with Crippen LogP contribution in [0.5, 0.6) is 0 Å². The summed E-state index contributed by atoms with van der Waals surface area (Å²) in [6.07, 6.45) is 11.1. The molecule has 132 valence electrons. The minimum Gasteiger partial charge on any atom is -0.393 e. The Morgan fingerprint density at radius 1 is 0.870 bits per heavy atom. The van der Waals surface area contributed by atoms with Gasteiger partial charge in [-0.2, -0.15) is 0 Å². The fraction of sp³-hybridized carbons (Fsp3) is 1.00. The minimum atomic E-state index is -0.140. The Morgan fingerprint density at radius 3 is 2.30 bits per heavy atom. The Bertz CT molecular complexity index is 461. The molecule has 0 spiro atoms. The molecule has 0 unspecified atom stereocenters. The summed E-state index contributed by atoms with van der Waals surface area (Å²) in [6, 6.07) is 0. The molecule has 4 aliphatic carbocycles. The third kappa shape index (κ3) is 2.27. The summed E-state index contributed by atoms with van der Waals surface area (Å²) in [5.41, 5.74) is 0.860. The first-order chi connectivity index (χ1) is 10.9. The zero-order valence-corrected chi connectivity index (χ0v) is 15.3. The first kappa shape index (κ1) is 16.4. The van der Waals surface area contributed by atoms with Crippen molar-refractivity contribution in [3.63, 3.8) is 0 Å². The highest BCUT2D eigenvalue weighted by atomic mass is 16.3. The number of aliphatic hydroxyl groups excluding tert-OH is 2. The molecule has 0 heterocycles. The van der Waals surface area contributed by atoms with Gasteiger partial charge in [0, 0.05) is 0 Å². The van der Waals surface area contributed by atoms with E-state index in [1.807, 2.05) is 6.92 Å². The van der Waals surface area contributed by atoms with Crippen molar-refractivity contribution in [3.8, 4) is 0 Å². The zero-order valence-electron chi connectivity index (χ0n) is 15.3. The molecule has 0 aromatic carbocycles. The lowest BCUT2D eigenvalue weighted by molar-refractivity contribution is -0.132. The van der Waals surface area contributed by atoms with E-state index in [9.17, 15) is 10.2 Å². The van der Waals surface area contributed by atoms with Crippen LogP contribution in [0.4, 0.5) is 0 Å². The Labute approximate surface area is 142 Å². The lowest BCUT2D eigenvalue weighted by Crippen LogP contribution is -2.54. The van der Waals surface area contributed by atoms with E-state index < -0.39 is 0 Å². The van der Waals surface area contributed by atoms with Gasteiger partial charge in [-0.05, 0) is 105 Å². The van der Waals surface area contributed by atoms with Crippen molar-refractivity contribution in [2.24, 2.45) is 40.4 Å². The highest BCUT2D eigenvalue weighted by Gasteiger charge is 2.60. The molecule has 4 rings (SSSR count). The van der Waals surface area contributed by atoms with E-state index in [-0.39, 0.29) is 12.2 Å². The molecule has 0 radical (unpaired) electrons. The van der Waals surface area contributed by atoms with E-state index >= 15 is 0 Å². The van der Waals surface area contributed by atoms with E-state index in [1.165, 1.54) is 44.9 Å². The van der Waals surface area contributed by atoms with Gasteiger partial charge in [-0.3, -0.25) is 0 Å². The molecule has 0 aromatic heterocycles. The van der Waals surface area contributed by atoms with Crippen molar-refractivity contribution < 1.29 is 10.2 Å². The van der Waals surface area contributed by atoms with Crippen LogP contribution < -0.4 is 0 Å². The van der Waals surface area contributed by atoms with Gasteiger partial charge in [0.15, 0.2) is 0 Å². The SMILES string of the molecule is C[C@@H](O)[C@@H]1CC[C@@H]2[C@H]3CC[C@@H]4C[C@@H](O)CC[C@@]4(C)[C@@H]3CC[C@]21C. The molecular formula is C21H36O2. The maximum absolute atomic E-state index is 10.3. The van der Waals surface area contributed by atoms with E-state index in [2.05, 4.69) is 13.8 Å². The van der Waals surface area contributed by atoms with E-state index in [1.54, 1.807) is 0 Å². The molecule has 4 saturated carbocycles. The summed E-state index contributed by atoms with van der Waals surface area (Å²) in [7, 11) is 0. The summed E-state index contributed by atoms with van der Waals surface area (Å²) >= 11 is 0. The monoisotopic (exact) mass is 320 g/mol. The highest BCUT2D eigenvalue weighted by molar-refractivity contribution is 5.09. The summed E-state index contributed by atoms with van der Waals surface area (Å²) in [5, 5.41) is 20.4. The van der Waals surface area contributed by atoms with Gasteiger partial charge >= 0.3 is 0 Å². The molecule has 0 aromatic rings. The number of fused-ring (bicyclic) bond motifs is 5. The van der Waals surface area contributed by atoms with Gasteiger partial charge in [0.1, 0.15) is 0 Å². The highest BCUT2D eigenvalue weighted by Crippen LogP contribution is 2.67. The standard InChI is InChI=1S/C21H36O2/c1-13(22)17-6-7-18-16-5-4-14-12-15(23)8-10-20(14,2)19(16)9-11-21(17,18)3/h13-19,22-23H,4-12H2,1-3H3/t13-,14-,15+,16-,17+,18-,19-,20-,21+/m1/s1. The number of rotatable bonds is 1. The van der Waals surface area contributed by atoms with Crippen LogP contribution in [0.3, 0.4) is 0 Å². The van der Waals surface area contributed by atoms with Crippen molar-refractivity contribution in [3.05, 3.63) is 0 Å². The molecule has 0 bridgehead atoms. The summed E-state index contributed by atoms with van der Waals surface area (Å²) in [4.78, 5) is 0. The maximum Gasteiger partial charge on any atom is 0.0545 e. The van der Waals surface area contributed by atoms with Crippen molar-refractivity contribution in [1.82, 2.24) is 0 Å². The van der Waals surface area contributed by atoms with Crippen LogP contribution in [-0.2, 0) is 0 Å². The second-order valence-electron chi connectivity index (χ2n) is 10.1. The molecular weight excluding hydrogens is 284 g/mol. The topological polar surface area (TPSA) is 40.5 Å². The van der Waals surface area contributed by atoms with Gasteiger partial charge in [-0.1, -0.05) is 13.8 Å². The Kier molecular flexibility index (Phi) is 3.89. The fourth-order valence-electron chi connectivity index (χ4n) is 8.07. The van der Waals surface area contributed by atoms with E-state index in [0.29, 0.717) is 16.7 Å². The van der Waals surface area contributed by atoms with Crippen molar-refractivity contribution in [2.75, 3.05) is 0 Å². The maximum atomic E-state index is 10.3. The molecule has 2 heteroatoms. The summed E-state index contributed by atoms with van der Waals surface area (Å²) in [5.74, 6) is 3.87. The van der Waals surface area contributed by atoms with Crippen molar-refractivity contribution >= 4 is 0 Å². The molecule has 0 aliphatic heterocycles. The van der Waals surface area contributed by atoms with Crippen molar-refractivity contribution in [2.45, 2.75) is 90.8 Å². The largest absolute Gasteiger partial charge is 0.393 e. The molecule has 9 atom stereocenters. The lowest BCUT2D eigenvalue weighted by Gasteiger charge is -2.61. The third-order valence-corrected chi connectivity index (χ3v) is 9.29. The van der Waals surface area contributed by atoms with Crippen LogP contribution in [-0.4, -0.2) is 22.4 Å². The van der Waals surface area contributed by atoms with Crippen LogP contribution in [0, 0.1) is 40.4 Å². The quantitative estimate of drug-likeness (QED) is 0.752. The normalized spacial score (nSPS) is 57.3. The van der Waals surface area contributed by atoms with Crippen LogP contribution >= 0.6 is 0 Å².